The van der Waals surface area contributed by atoms with Crippen LogP contribution in [0.2, 0.25) is 0 Å². The largest absolute Gasteiger partial charge is 0.384 e. The minimum atomic E-state index is 0.412. The Morgan fingerprint density at radius 1 is 1.31 bits per heavy atom. The summed E-state index contributed by atoms with van der Waals surface area (Å²) in [6.07, 6.45) is 5.40. The molecule has 1 spiro atoms. The third-order valence-corrected chi connectivity index (χ3v) is 4.46. The van der Waals surface area contributed by atoms with Crippen molar-refractivity contribution in [2.75, 3.05) is 11.9 Å². The number of fused-ring (bicyclic) bond motifs is 2. The monoisotopic (exact) mass is 211 g/mol. The van der Waals surface area contributed by atoms with Crippen molar-refractivity contribution in [1.82, 2.24) is 0 Å². The maximum absolute atomic E-state index is 5.83. The van der Waals surface area contributed by atoms with Crippen LogP contribution in [0.3, 0.4) is 0 Å². The fraction of sp³-hybridized carbons (Fsp3) is 0.571. The summed E-state index contributed by atoms with van der Waals surface area (Å²) >= 11 is 0. The lowest BCUT2D eigenvalue weighted by molar-refractivity contribution is 0.261. The molecule has 1 aromatic rings. The van der Waals surface area contributed by atoms with Gasteiger partial charge in [0.25, 0.3) is 0 Å². The third kappa shape index (κ3) is 1.47. The molecule has 0 unspecified atom stereocenters. The zero-order valence-corrected chi connectivity index (χ0v) is 9.92. The molecule has 0 aromatic heterocycles. The Kier molecular flexibility index (Phi) is 2.27. The Labute approximate surface area is 99.0 Å². The SMILES string of the molecule is [B]c1ccc2c(c1)NCC21CCC(C)CC1. The summed E-state index contributed by atoms with van der Waals surface area (Å²) in [5.74, 6) is 0.906. The van der Waals surface area contributed by atoms with Gasteiger partial charge in [-0.3, -0.25) is 0 Å². The molecule has 2 radical (unpaired) electrons. The van der Waals surface area contributed by atoms with Crippen LogP contribution >= 0.6 is 0 Å². The molecule has 1 saturated carbocycles. The highest BCUT2D eigenvalue weighted by Gasteiger charge is 2.40. The van der Waals surface area contributed by atoms with Crippen molar-refractivity contribution in [3.63, 3.8) is 0 Å². The standard InChI is InChI=1S/C14H18BN/c1-10-4-6-14(7-5-10)9-16-13-8-11(15)2-3-12(13)14/h2-3,8,10,16H,4-7,9H2,1H3. The highest BCUT2D eigenvalue weighted by Crippen LogP contribution is 2.47. The summed E-state index contributed by atoms with van der Waals surface area (Å²) in [4.78, 5) is 0. The van der Waals surface area contributed by atoms with Crippen LogP contribution in [-0.4, -0.2) is 14.4 Å². The molecule has 1 aliphatic carbocycles. The van der Waals surface area contributed by atoms with Crippen molar-refractivity contribution in [2.45, 2.75) is 38.0 Å². The Balaban J connectivity index is 1.96. The molecule has 0 amide bonds. The van der Waals surface area contributed by atoms with Crippen LogP contribution in [-0.2, 0) is 5.41 Å². The van der Waals surface area contributed by atoms with Gasteiger partial charge in [0, 0.05) is 17.6 Å². The molecule has 1 heterocycles. The second kappa shape index (κ2) is 3.54. The number of hydrogen-bond acceptors (Lipinski definition) is 1. The molecule has 3 rings (SSSR count). The predicted octanol–water partition coefficient (Wildman–Crippen LogP) is 2.35. The lowest BCUT2D eigenvalue weighted by Crippen LogP contribution is -2.33. The average molecular weight is 211 g/mol. The summed E-state index contributed by atoms with van der Waals surface area (Å²) in [5, 5.41) is 3.54. The van der Waals surface area contributed by atoms with E-state index < -0.39 is 0 Å². The Morgan fingerprint density at radius 3 is 2.81 bits per heavy atom. The third-order valence-electron chi connectivity index (χ3n) is 4.46. The van der Waals surface area contributed by atoms with Gasteiger partial charge in [-0.25, -0.2) is 0 Å². The number of nitrogens with one attached hydrogen (secondary N) is 1. The van der Waals surface area contributed by atoms with E-state index in [1.807, 2.05) is 6.07 Å². The quantitative estimate of drug-likeness (QED) is 0.649. The molecule has 1 nitrogen and oxygen atoms in total. The Morgan fingerprint density at radius 2 is 2.06 bits per heavy atom. The highest BCUT2D eigenvalue weighted by molar-refractivity contribution is 6.32. The van der Waals surface area contributed by atoms with Crippen LogP contribution in [0.5, 0.6) is 0 Å². The molecule has 2 aliphatic rings. The van der Waals surface area contributed by atoms with E-state index in [1.165, 1.54) is 36.9 Å². The van der Waals surface area contributed by atoms with Gasteiger partial charge in [0.15, 0.2) is 0 Å². The summed E-state index contributed by atoms with van der Waals surface area (Å²) in [5.41, 5.74) is 4.06. The molecule has 1 aromatic carbocycles. The van der Waals surface area contributed by atoms with E-state index in [0.717, 1.165) is 17.9 Å². The lowest BCUT2D eigenvalue weighted by Gasteiger charge is -2.36. The van der Waals surface area contributed by atoms with E-state index in [-0.39, 0.29) is 0 Å². The topological polar surface area (TPSA) is 12.0 Å². The summed E-state index contributed by atoms with van der Waals surface area (Å²) < 4.78 is 0. The van der Waals surface area contributed by atoms with Crippen molar-refractivity contribution in [1.29, 1.82) is 0 Å². The molecule has 1 aliphatic heterocycles. The molecule has 16 heavy (non-hydrogen) atoms. The van der Waals surface area contributed by atoms with Crippen LogP contribution in [0.1, 0.15) is 38.2 Å². The number of anilines is 1. The van der Waals surface area contributed by atoms with Gasteiger partial charge in [-0.1, -0.05) is 24.5 Å². The Hall–Kier alpha value is -0.915. The van der Waals surface area contributed by atoms with E-state index in [9.17, 15) is 0 Å². The van der Waals surface area contributed by atoms with Crippen LogP contribution in [0, 0.1) is 5.92 Å². The molecule has 82 valence electrons. The normalized spacial score (nSPS) is 32.4. The van der Waals surface area contributed by atoms with Gasteiger partial charge in [-0.05, 0) is 43.2 Å². The smallest absolute Gasteiger partial charge is 0.113 e. The second-order valence-corrected chi connectivity index (χ2v) is 5.62. The van der Waals surface area contributed by atoms with Crippen LogP contribution in [0.4, 0.5) is 5.69 Å². The predicted molar refractivity (Wildman–Crippen MR) is 69.6 cm³/mol. The van der Waals surface area contributed by atoms with E-state index in [0.29, 0.717) is 5.41 Å². The van der Waals surface area contributed by atoms with Gasteiger partial charge in [0.1, 0.15) is 7.85 Å². The summed E-state index contributed by atoms with van der Waals surface area (Å²) in [6.45, 7) is 3.48. The van der Waals surface area contributed by atoms with E-state index in [1.54, 1.807) is 0 Å². The molecular formula is C14H18BN. The molecule has 1 fully saturated rings. The van der Waals surface area contributed by atoms with E-state index >= 15 is 0 Å². The van der Waals surface area contributed by atoms with E-state index in [4.69, 9.17) is 7.85 Å². The minimum absolute atomic E-state index is 0.412. The molecule has 0 bridgehead atoms. The first kappa shape index (κ1) is 10.3. The van der Waals surface area contributed by atoms with Gasteiger partial charge in [0.2, 0.25) is 0 Å². The zero-order chi connectivity index (χ0) is 11.2. The fourth-order valence-corrected chi connectivity index (χ4v) is 3.29. The van der Waals surface area contributed by atoms with Gasteiger partial charge in [0.05, 0.1) is 0 Å². The molecular weight excluding hydrogens is 193 g/mol. The van der Waals surface area contributed by atoms with Gasteiger partial charge in [-0.2, -0.15) is 0 Å². The van der Waals surface area contributed by atoms with Gasteiger partial charge in [-0.15, -0.1) is 0 Å². The molecule has 2 heteroatoms. The minimum Gasteiger partial charge on any atom is -0.384 e. The maximum Gasteiger partial charge on any atom is 0.113 e. The summed E-state index contributed by atoms with van der Waals surface area (Å²) in [6, 6.07) is 6.37. The van der Waals surface area contributed by atoms with Crippen molar-refractivity contribution < 1.29 is 0 Å². The van der Waals surface area contributed by atoms with Gasteiger partial charge < -0.3 is 5.32 Å². The van der Waals surface area contributed by atoms with Crippen molar-refractivity contribution in [2.24, 2.45) is 5.92 Å². The first-order chi connectivity index (χ1) is 7.70. The van der Waals surface area contributed by atoms with Crippen LogP contribution < -0.4 is 10.8 Å². The lowest BCUT2D eigenvalue weighted by atomic mass is 9.68. The number of hydrogen-bond donors (Lipinski definition) is 1. The van der Waals surface area contributed by atoms with Crippen LogP contribution in [0.25, 0.3) is 0 Å². The van der Waals surface area contributed by atoms with E-state index in [2.05, 4.69) is 24.4 Å². The molecule has 0 saturated heterocycles. The molecule has 0 atom stereocenters. The van der Waals surface area contributed by atoms with Crippen molar-refractivity contribution in [3.05, 3.63) is 23.8 Å². The van der Waals surface area contributed by atoms with Crippen molar-refractivity contribution >= 4 is 19.0 Å². The zero-order valence-electron chi connectivity index (χ0n) is 9.92. The fourth-order valence-electron chi connectivity index (χ4n) is 3.29. The van der Waals surface area contributed by atoms with Gasteiger partial charge >= 0.3 is 0 Å². The molecule has 1 N–H and O–H groups in total. The highest BCUT2D eigenvalue weighted by atomic mass is 14.9. The number of rotatable bonds is 0. The van der Waals surface area contributed by atoms with Crippen LogP contribution in [0.15, 0.2) is 18.2 Å². The maximum atomic E-state index is 5.83. The second-order valence-electron chi connectivity index (χ2n) is 5.62. The first-order valence-electron chi connectivity index (χ1n) is 6.33. The Bertz CT molecular complexity index is 405. The first-order valence-corrected chi connectivity index (χ1v) is 6.33. The average Bonchev–Trinajstić information content (AvgIpc) is 2.62. The van der Waals surface area contributed by atoms with Crippen molar-refractivity contribution in [3.8, 4) is 0 Å². The number of benzene rings is 1. The summed E-state index contributed by atoms with van der Waals surface area (Å²) in [7, 11) is 5.83.